The summed E-state index contributed by atoms with van der Waals surface area (Å²) < 4.78 is 0. The van der Waals surface area contributed by atoms with Gasteiger partial charge in [0.25, 0.3) is 0 Å². The van der Waals surface area contributed by atoms with Crippen LogP contribution >= 0.6 is 0 Å². The van der Waals surface area contributed by atoms with Crippen LogP contribution in [0, 0.1) is 0 Å². The Kier molecular flexibility index (Phi) is 7.09. The van der Waals surface area contributed by atoms with Gasteiger partial charge in [0.05, 0.1) is 0 Å². The van der Waals surface area contributed by atoms with Crippen LogP contribution in [-0.2, 0) is 0 Å². The van der Waals surface area contributed by atoms with E-state index >= 15 is 0 Å². The van der Waals surface area contributed by atoms with E-state index in [0.717, 1.165) is 12.8 Å². The number of hydrogen-bond acceptors (Lipinski definition) is 3. The molecule has 1 aliphatic rings. The first kappa shape index (κ1) is 14.9. The maximum absolute atomic E-state index is 8.83. The summed E-state index contributed by atoms with van der Waals surface area (Å²) in [5.74, 6) is 0. The third-order valence-corrected chi connectivity index (χ3v) is 3.81. The van der Waals surface area contributed by atoms with Gasteiger partial charge in [-0.1, -0.05) is 0 Å². The molecule has 1 rings (SSSR count). The third-order valence-electron chi connectivity index (χ3n) is 3.81. The fourth-order valence-corrected chi connectivity index (χ4v) is 2.68. The monoisotopic (exact) mass is 242 g/mol. The van der Waals surface area contributed by atoms with Crippen LogP contribution in [0.25, 0.3) is 0 Å². The largest absolute Gasteiger partial charge is 0.396 e. The number of nitrogens with zero attached hydrogens (tertiary/aromatic N) is 1. The van der Waals surface area contributed by atoms with E-state index in [1.807, 2.05) is 0 Å². The normalized spacial score (nSPS) is 24.9. The van der Waals surface area contributed by atoms with E-state index in [1.54, 1.807) is 0 Å². The van der Waals surface area contributed by atoms with Gasteiger partial charge in [-0.25, -0.2) is 0 Å². The molecule has 0 bridgehead atoms. The molecule has 2 atom stereocenters. The maximum atomic E-state index is 8.83. The lowest BCUT2D eigenvalue weighted by molar-refractivity contribution is 0.227. The van der Waals surface area contributed by atoms with E-state index in [0.29, 0.717) is 24.7 Å². The number of aliphatic hydroxyl groups is 1. The van der Waals surface area contributed by atoms with Crippen LogP contribution in [0.5, 0.6) is 0 Å². The quantitative estimate of drug-likeness (QED) is 0.748. The predicted octanol–water partition coefficient (Wildman–Crippen LogP) is 2.00. The van der Waals surface area contributed by atoms with Gasteiger partial charge in [-0.05, 0) is 66.0 Å². The first-order valence-corrected chi connectivity index (χ1v) is 7.24. The minimum Gasteiger partial charge on any atom is -0.396 e. The second-order valence-electron chi connectivity index (χ2n) is 5.69. The number of rotatable bonds is 6. The highest BCUT2D eigenvalue weighted by atomic mass is 16.2. The smallest absolute Gasteiger partial charge is 0.0431 e. The van der Waals surface area contributed by atoms with E-state index in [4.69, 9.17) is 5.11 Å². The molecule has 0 aromatic rings. The summed E-state index contributed by atoms with van der Waals surface area (Å²) in [5.41, 5.74) is 0. The van der Waals surface area contributed by atoms with Gasteiger partial charge in [0.15, 0.2) is 0 Å². The molecule has 102 valence electrons. The minimum absolute atomic E-state index is 0.317. The van der Waals surface area contributed by atoms with Crippen LogP contribution < -0.4 is 5.32 Å². The highest BCUT2D eigenvalue weighted by Gasteiger charge is 2.19. The van der Waals surface area contributed by atoms with Crippen LogP contribution in [0.2, 0.25) is 0 Å². The lowest BCUT2D eigenvalue weighted by Crippen LogP contribution is -2.38. The zero-order valence-corrected chi connectivity index (χ0v) is 11.8. The number of likely N-dealkylation sites (tertiary alicyclic amines) is 1. The molecule has 1 heterocycles. The molecule has 3 heteroatoms. The Morgan fingerprint density at radius 3 is 2.65 bits per heavy atom. The molecule has 2 N–H and O–H groups in total. The average Bonchev–Trinajstić information content (AvgIpc) is 2.52. The highest BCUT2D eigenvalue weighted by molar-refractivity contribution is 4.78. The Hall–Kier alpha value is -0.120. The van der Waals surface area contributed by atoms with E-state index < -0.39 is 0 Å². The third kappa shape index (κ3) is 5.84. The second kappa shape index (κ2) is 8.06. The van der Waals surface area contributed by atoms with Crippen LogP contribution in [-0.4, -0.2) is 47.8 Å². The van der Waals surface area contributed by atoms with Gasteiger partial charge < -0.3 is 15.3 Å². The second-order valence-corrected chi connectivity index (χ2v) is 5.69. The number of nitrogens with one attached hydrogen (secondary N) is 1. The van der Waals surface area contributed by atoms with Crippen LogP contribution in [0.3, 0.4) is 0 Å². The predicted molar refractivity (Wildman–Crippen MR) is 73.3 cm³/mol. The van der Waals surface area contributed by atoms with Crippen molar-refractivity contribution in [3.63, 3.8) is 0 Å². The Morgan fingerprint density at radius 2 is 2.00 bits per heavy atom. The summed E-state index contributed by atoms with van der Waals surface area (Å²) in [6.45, 7) is 9.61. The van der Waals surface area contributed by atoms with Crippen LogP contribution in [0.15, 0.2) is 0 Å². The summed E-state index contributed by atoms with van der Waals surface area (Å²) in [7, 11) is 0. The van der Waals surface area contributed by atoms with E-state index in [9.17, 15) is 0 Å². The summed E-state index contributed by atoms with van der Waals surface area (Å²) in [6.07, 6.45) is 5.87. The molecule has 0 radical (unpaired) electrons. The van der Waals surface area contributed by atoms with Crippen molar-refractivity contribution in [2.24, 2.45) is 0 Å². The van der Waals surface area contributed by atoms with Crippen molar-refractivity contribution in [1.82, 2.24) is 10.2 Å². The average molecular weight is 242 g/mol. The van der Waals surface area contributed by atoms with Crippen LogP contribution in [0.1, 0.15) is 52.9 Å². The van der Waals surface area contributed by atoms with E-state index in [-0.39, 0.29) is 0 Å². The SMILES string of the molecule is CC(CCCO)NC1CCCN(C(C)C)CC1. The molecule has 0 aromatic heterocycles. The van der Waals surface area contributed by atoms with Gasteiger partial charge in [0.2, 0.25) is 0 Å². The molecule has 0 aliphatic carbocycles. The summed E-state index contributed by atoms with van der Waals surface area (Å²) in [4.78, 5) is 2.58. The molecule has 3 nitrogen and oxygen atoms in total. The summed E-state index contributed by atoms with van der Waals surface area (Å²) in [6, 6.07) is 1.89. The van der Waals surface area contributed by atoms with Crippen molar-refractivity contribution >= 4 is 0 Å². The number of hydrogen-bond donors (Lipinski definition) is 2. The molecule has 1 aliphatic heterocycles. The van der Waals surface area contributed by atoms with Gasteiger partial charge >= 0.3 is 0 Å². The minimum atomic E-state index is 0.317. The van der Waals surface area contributed by atoms with Gasteiger partial charge in [-0.15, -0.1) is 0 Å². The first-order valence-electron chi connectivity index (χ1n) is 7.24. The Balaban J connectivity index is 2.26. The topological polar surface area (TPSA) is 35.5 Å². The fourth-order valence-electron chi connectivity index (χ4n) is 2.68. The Bertz CT molecular complexity index is 197. The highest BCUT2D eigenvalue weighted by Crippen LogP contribution is 2.14. The molecule has 17 heavy (non-hydrogen) atoms. The Labute approximate surface area is 107 Å². The van der Waals surface area contributed by atoms with Gasteiger partial charge in [-0.2, -0.15) is 0 Å². The molecular weight excluding hydrogens is 212 g/mol. The Morgan fingerprint density at radius 1 is 1.24 bits per heavy atom. The van der Waals surface area contributed by atoms with Crippen molar-refractivity contribution in [3.05, 3.63) is 0 Å². The standard InChI is InChI=1S/C14H30N2O/c1-12(2)16-9-4-7-14(8-10-16)15-13(3)6-5-11-17/h12-15,17H,4-11H2,1-3H3. The van der Waals surface area contributed by atoms with E-state index in [1.165, 1.54) is 32.4 Å². The molecule has 1 fully saturated rings. The van der Waals surface area contributed by atoms with Crippen molar-refractivity contribution in [2.75, 3.05) is 19.7 Å². The number of aliphatic hydroxyl groups excluding tert-OH is 1. The fraction of sp³-hybridized carbons (Fsp3) is 1.00. The maximum Gasteiger partial charge on any atom is 0.0431 e. The van der Waals surface area contributed by atoms with Crippen LogP contribution in [0.4, 0.5) is 0 Å². The molecule has 0 spiro atoms. The summed E-state index contributed by atoms with van der Waals surface area (Å²) in [5, 5.41) is 12.5. The lowest BCUT2D eigenvalue weighted by Gasteiger charge is -2.25. The molecule has 0 saturated carbocycles. The summed E-state index contributed by atoms with van der Waals surface area (Å²) >= 11 is 0. The molecular formula is C14H30N2O. The van der Waals surface area contributed by atoms with Gasteiger partial charge in [0.1, 0.15) is 0 Å². The van der Waals surface area contributed by atoms with Crippen molar-refractivity contribution in [1.29, 1.82) is 0 Å². The lowest BCUT2D eigenvalue weighted by atomic mass is 10.1. The van der Waals surface area contributed by atoms with E-state index in [2.05, 4.69) is 31.0 Å². The first-order chi connectivity index (χ1) is 8.13. The van der Waals surface area contributed by atoms with Gasteiger partial charge in [-0.3, -0.25) is 0 Å². The molecule has 2 unspecified atom stereocenters. The molecule has 1 saturated heterocycles. The van der Waals surface area contributed by atoms with Crippen molar-refractivity contribution in [3.8, 4) is 0 Å². The van der Waals surface area contributed by atoms with Crippen molar-refractivity contribution < 1.29 is 5.11 Å². The zero-order chi connectivity index (χ0) is 12.7. The molecule has 0 aromatic carbocycles. The van der Waals surface area contributed by atoms with Crippen molar-refractivity contribution in [2.45, 2.75) is 71.0 Å². The van der Waals surface area contributed by atoms with Gasteiger partial charge in [0, 0.05) is 24.7 Å². The zero-order valence-electron chi connectivity index (χ0n) is 11.8. The molecule has 0 amide bonds.